The van der Waals surface area contributed by atoms with Gasteiger partial charge in [0, 0.05) is 17.2 Å². The predicted molar refractivity (Wildman–Crippen MR) is 58.8 cm³/mol. The number of rotatable bonds is 2. The second-order valence-electron chi connectivity index (χ2n) is 3.18. The summed E-state index contributed by atoms with van der Waals surface area (Å²) in [5.74, 6) is 0.648. The molecule has 0 aromatic carbocycles. The first-order chi connectivity index (χ1) is 6.75. The van der Waals surface area contributed by atoms with E-state index in [0.29, 0.717) is 10.9 Å². The predicted octanol–water partition coefficient (Wildman–Crippen LogP) is 2.24. The molecular formula is C9H10BrClN2O. The Labute approximate surface area is 95.9 Å². The van der Waals surface area contributed by atoms with Crippen LogP contribution in [0.3, 0.4) is 0 Å². The van der Waals surface area contributed by atoms with Gasteiger partial charge < -0.3 is 10.1 Å². The first kappa shape index (κ1) is 10.2. The molecular weight excluding hydrogens is 267 g/mol. The van der Waals surface area contributed by atoms with Crippen molar-refractivity contribution in [3.63, 3.8) is 0 Å². The Morgan fingerprint density at radius 1 is 1.64 bits per heavy atom. The van der Waals surface area contributed by atoms with Gasteiger partial charge in [0.2, 0.25) is 0 Å². The Balaban J connectivity index is 2.10. The lowest BCUT2D eigenvalue weighted by Crippen LogP contribution is -2.19. The van der Waals surface area contributed by atoms with Gasteiger partial charge in [-0.3, -0.25) is 0 Å². The molecule has 1 saturated heterocycles. The summed E-state index contributed by atoms with van der Waals surface area (Å²) >= 11 is 9.23. The molecule has 1 aliphatic heterocycles. The Kier molecular flexibility index (Phi) is 3.26. The van der Waals surface area contributed by atoms with Crippen LogP contribution in [0, 0.1) is 0 Å². The van der Waals surface area contributed by atoms with E-state index in [1.807, 2.05) is 6.07 Å². The van der Waals surface area contributed by atoms with Crippen molar-refractivity contribution in [1.82, 2.24) is 10.3 Å². The third-order valence-electron chi connectivity index (χ3n) is 2.08. The van der Waals surface area contributed by atoms with Crippen molar-refractivity contribution in [3.05, 3.63) is 21.9 Å². The Morgan fingerprint density at radius 2 is 2.50 bits per heavy atom. The quantitative estimate of drug-likeness (QED) is 0.842. The lowest BCUT2D eigenvalue weighted by molar-refractivity contribution is 0.222. The summed E-state index contributed by atoms with van der Waals surface area (Å²) in [6, 6.07) is 1.84. The number of hydrogen-bond acceptors (Lipinski definition) is 3. The molecule has 1 fully saturated rings. The third kappa shape index (κ3) is 2.38. The maximum Gasteiger partial charge on any atom is 0.171 e. The van der Waals surface area contributed by atoms with Gasteiger partial charge in [0.15, 0.2) is 10.9 Å². The van der Waals surface area contributed by atoms with Gasteiger partial charge in [-0.1, -0.05) is 11.6 Å². The zero-order valence-corrected chi connectivity index (χ0v) is 9.81. The van der Waals surface area contributed by atoms with Crippen LogP contribution in [0.5, 0.6) is 5.75 Å². The molecule has 0 bridgehead atoms. The fourth-order valence-corrected chi connectivity index (χ4v) is 1.85. The van der Waals surface area contributed by atoms with Crippen LogP contribution in [0.1, 0.15) is 6.42 Å². The molecule has 2 rings (SSSR count). The minimum atomic E-state index is 0.212. The number of halogens is 2. The van der Waals surface area contributed by atoms with E-state index in [2.05, 4.69) is 26.2 Å². The largest absolute Gasteiger partial charge is 0.486 e. The average Bonchev–Trinajstić information content (AvgIpc) is 2.64. The maximum absolute atomic E-state index is 5.90. The van der Waals surface area contributed by atoms with Crippen molar-refractivity contribution in [3.8, 4) is 5.75 Å². The normalized spacial score (nSPS) is 21.1. The number of aromatic nitrogens is 1. The Morgan fingerprint density at radius 3 is 3.21 bits per heavy atom. The van der Waals surface area contributed by atoms with Gasteiger partial charge in [-0.2, -0.15) is 0 Å². The molecule has 2 heterocycles. The third-order valence-corrected chi connectivity index (χ3v) is 2.80. The van der Waals surface area contributed by atoms with E-state index in [9.17, 15) is 0 Å². The summed E-state index contributed by atoms with van der Waals surface area (Å²) < 4.78 is 6.58. The van der Waals surface area contributed by atoms with E-state index < -0.39 is 0 Å². The van der Waals surface area contributed by atoms with E-state index in [4.69, 9.17) is 16.3 Å². The van der Waals surface area contributed by atoms with Crippen LogP contribution in [0.25, 0.3) is 0 Å². The van der Waals surface area contributed by atoms with Crippen molar-refractivity contribution >= 4 is 27.5 Å². The molecule has 0 radical (unpaired) electrons. The zero-order valence-electron chi connectivity index (χ0n) is 7.46. The van der Waals surface area contributed by atoms with Crippen LogP contribution >= 0.6 is 27.5 Å². The minimum absolute atomic E-state index is 0.212. The highest BCUT2D eigenvalue weighted by Crippen LogP contribution is 2.26. The van der Waals surface area contributed by atoms with Crippen molar-refractivity contribution in [2.75, 3.05) is 13.1 Å². The maximum atomic E-state index is 5.90. The standard InChI is InChI=1S/C9H10BrClN2O/c10-6-3-8(9(11)13-4-6)14-7-1-2-12-5-7/h3-4,7,12H,1-2,5H2. The fourth-order valence-electron chi connectivity index (χ4n) is 1.39. The lowest BCUT2D eigenvalue weighted by Gasteiger charge is -2.13. The number of nitrogens with zero attached hydrogens (tertiary/aromatic N) is 1. The molecule has 1 aromatic rings. The van der Waals surface area contributed by atoms with Gasteiger partial charge >= 0.3 is 0 Å². The molecule has 1 aliphatic rings. The van der Waals surface area contributed by atoms with Crippen LogP contribution in [-0.2, 0) is 0 Å². The van der Waals surface area contributed by atoms with Gasteiger partial charge in [-0.25, -0.2) is 4.98 Å². The van der Waals surface area contributed by atoms with Crippen LogP contribution in [-0.4, -0.2) is 24.2 Å². The molecule has 1 aromatic heterocycles. The molecule has 0 saturated carbocycles. The summed E-state index contributed by atoms with van der Waals surface area (Å²) in [5.41, 5.74) is 0. The second-order valence-corrected chi connectivity index (χ2v) is 4.45. The molecule has 3 nitrogen and oxygen atoms in total. The first-order valence-electron chi connectivity index (χ1n) is 4.44. The van der Waals surface area contributed by atoms with E-state index in [1.165, 1.54) is 0 Å². The van der Waals surface area contributed by atoms with E-state index in [1.54, 1.807) is 6.20 Å². The van der Waals surface area contributed by atoms with Crippen LogP contribution < -0.4 is 10.1 Å². The van der Waals surface area contributed by atoms with Gasteiger partial charge in [-0.05, 0) is 35.0 Å². The van der Waals surface area contributed by atoms with Crippen LogP contribution in [0.2, 0.25) is 5.15 Å². The second kappa shape index (κ2) is 4.47. The van der Waals surface area contributed by atoms with Crippen molar-refractivity contribution in [2.45, 2.75) is 12.5 Å². The highest BCUT2D eigenvalue weighted by Gasteiger charge is 2.17. The SMILES string of the molecule is Clc1ncc(Br)cc1OC1CCNC1. The van der Waals surface area contributed by atoms with Gasteiger partial charge in [-0.15, -0.1) is 0 Å². The summed E-state index contributed by atoms with van der Waals surface area (Å²) in [5, 5.41) is 3.64. The topological polar surface area (TPSA) is 34.1 Å². The molecule has 14 heavy (non-hydrogen) atoms. The van der Waals surface area contributed by atoms with Gasteiger partial charge in [0.05, 0.1) is 0 Å². The Hall–Kier alpha value is -0.320. The lowest BCUT2D eigenvalue weighted by atomic mass is 10.3. The summed E-state index contributed by atoms with van der Waals surface area (Å²) in [4.78, 5) is 3.99. The molecule has 1 atom stereocenters. The van der Waals surface area contributed by atoms with E-state index in [-0.39, 0.29) is 6.10 Å². The summed E-state index contributed by atoms with van der Waals surface area (Å²) in [6.07, 6.45) is 2.88. The smallest absolute Gasteiger partial charge is 0.171 e. The monoisotopic (exact) mass is 276 g/mol. The molecule has 76 valence electrons. The highest BCUT2D eigenvalue weighted by molar-refractivity contribution is 9.10. The minimum Gasteiger partial charge on any atom is -0.486 e. The molecule has 5 heteroatoms. The summed E-state index contributed by atoms with van der Waals surface area (Å²) in [7, 11) is 0. The molecule has 1 N–H and O–H groups in total. The molecule has 0 amide bonds. The Bertz CT molecular complexity index is 329. The zero-order chi connectivity index (χ0) is 9.97. The summed E-state index contributed by atoms with van der Waals surface area (Å²) in [6.45, 7) is 1.88. The van der Waals surface area contributed by atoms with Gasteiger partial charge in [0.1, 0.15) is 6.10 Å². The molecule has 1 unspecified atom stereocenters. The molecule has 0 spiro atoms. The van der Waals surface area contributed by atoms with Crippen molar-refractivity contribution in [2.24, 2.45) is 0 Å². The van der Waals surface area contributed by atoms with Crippen molar-refractivity contribution < 1.29 is 4.74 Å². The van der Waals surface area contributed by atoms with Crippen LogP contribution in [0.15, 0.2) is 16.7 Å². The highest BCUT2D eigenvalue weighted by atomic mass is 79.9. The molecule has 0 aliphatic carbocycles. The fraction of sp³-hybridized carbons (Fsp3) is 0.444. The first-order valence-corrected chi connectivity index (χ1v) is 5.61. The van der Waals surface area contributed by atoms with Gasteiger partial charge in [0.25, 0.3) is 0 Å². The van der Waals surface area contributed by atoms with E-state index >= 15 is 0 Å². The number of pyridine rings is 1. The van der Waals surface area contributed by atoms with E-state index in [0.717, 1.165) is 24.0 Å². The average molecular weight is 278 g/mol. The van der Waals surface area contributed by atoms with Crippen molar-refractivity contribution in [1.29, 1.82) is 0 Å². The number of hydrogen-bond donors (Lipinski definition) is 1. The number of ether oxygens (including phenoxy) is 1. The van der Waals surface area contributed by atoms with Crippen LogP contribution in [0.4, 0.5) is 0 Å². The number of nitrogens with one attached hydrogen (secondary N) is 1.